The van der Waals surface area contributed by atoms with Gasteiger partial charge in [-0.3, -0.25) is 19.9 Å². The van der Waals surface area contributed by atoms with Crippen LogP contribution in [0.25, 0.3) is 0 Å². The molecule has 2 N–H and O–H groups in total. The minimum Gasteiger partial charge on any atom is -0.491 e. The van der Waals surface area contributed by atoms with Crippen molar-refractivity contribution in [3.05, 3.63) is 47.7 Å². The summed E-state index contributed by atoms with van der Waals surface area (Å²) in [6, 6.07) is 6.62. The number of amides is 1. The van der Waals surface area contributed by atoms with Gasteiger partial charge in [-0.05, 0) is 36.2 Å². The lowest BCUT2D eigenvalue weighted by atomic mass is 10.1. The number of hydrogen-bond acceptors (Lipinski definition) is 11. The molecule has 14 heteroatoms. The number of carbonyl (C=O) groups excluding carboxylic acids is 1. The van der Waals surface area contributed by atoms with Crippen molar-refractivity contribution in [2.24, 2.45) is 0 Å². The second-order valence-corrected chi connectivity index (χ2v) is 10.2. The summed E-state index contributed by atoms with van der Waals surface area (Å²) in [5.41, 5.74) is 0.548. The molecule has 2 aromatic heterocycles. The minimum atomic E-state index is -0.708. The number of methoxy groups -OCH3 is 1. The van der Waals surface area contributed by atoms with Crippen molar-refractivity contribution in [3.8, 4) is 5.75 Å². The maximum atomic E-state index is 14.0. The SMILES string of the molecule is COc1c(F)cc(CN2CCN(CC(=O)Nc3nnc(NC4CCN(c5cccnn5)C4)s3)CC2)cc1F. The zero-order valence-electron chi connectivity index (χ0n) is 20.9. The van der Waals surface area contributed by atoms with Crippen LogP contribution in [0.5, 0.6) is 5.75 Å². The first-order valence-electron chi connectivity index (χ1n) is 12.4. The second kappa shape index (κ2) is 11.9. The maximum Gasteiger partial charge on any atom is 0.240 e. The van der Waals surface area contributed by atoms with Gasteiger partial charge in [-0.25, -0.2) is 8.78 Å². The molecule has 2 aliphatic rings. The van der Waals surface area contributed by atoms with Crippen LogP contribution in [0.2, 0.25) is 0 Å². The molecule has 0 spiro atoms. The molecule has 2 saturated heterocycles. The van der Waals surface area contributed by atoms with Gasteiger partial charge >= 0.3 is 0 Å². The Kier molecular flexibility index (Phi) is 8.20. The smallest absolute Gasteiger partial charge is 0.240 e. The summed E-state index contributed by atoms with van der Waals surface area (Å²) in [6.07, 6.45) is 2.59. The molecule has 0 saturated carbocycles. The zero-order chi connectivity index (χ0) is 26.5. The normalized spacial score (nSPS) is 18.5. The van der Waals surface area contributed by atoms with Crippen molar-refractivity contribution in [2.75, 3.05) is 68.5 Å². The molecule has 1 aromatic carbocycles. The van der Waals surface area contributed by atoms with Crippen LogP contribution in [0.15, 0.2) is 30.5 Å². The molecule has 11 nitrogen and oxygen atoms in total. The van der Waals surface area contributed by atoms with E-state index in [1.54, 1.807) is 6.20 Å². The van der Waals surface area contributed by atoms with Crippen molar-refractivity contribution in [2.45, 2.75) is 19.0 Å². The molecule has 1 unspecified atom stereocenters. The van der Waals surface area contributed by atoms with Gasteiger partial charge in [0, 0.05) is 58.1 Å². The first-order valence-corrected chi connectivity index (χ1v) is 13.2. The van der Waals surface area contributed by atoms with E-state index in [0.717, 1.165) is 25.3 Å². The van der Waals surface area contributed by atoms with Crippen LogP contribution in [-0.2, 0) is 11.3 Å². The van der Waals surface area contributed by atoms with Crippen LogP contribution in [0.1, 0.15) is 12.0 Å². The number of nitrogens with one attached hydrogen (secondary N) is 2. The predicted molar refractivity (Wildman–Crippen MR) is 139 cm³/mol. The largest absolute Gasteiger partial charge is 0.491 e. The number of nitrogens with zero attached hydrogens (tertiary/aromatic N) is 7. The van der Waals surface area contributed by atoms with Gasteiger partial charge in [0.15, 0.2) is 23.2 Å². The fourth-order valence-electron chi connectivity index (χ4n) is 4.68. The molecular formula is C24H29F2N9O2S. The first-order chi connectivity index (χ1) is 18.5. The van der Waals surface area contributed by atoms with E-state index in [1.807, 2.05) is 17.0 Å². The van der Waals surface area contributed by atoms with Gasteiger partial charge in [0.2, 0.25) is 16.2 Å². The van der Waals surface area contributed by atoms with E-state index in [-0.39, 0.29) is 24.2 Å². The Morgan fingerprint density at radius 2 is 1.82 bits per heavy atom. The predicted octanol–water partition coefficient (Wildman–Crippen LogP) is 2.06. The van der Waals surface area contributed by atoms with Gasteiger partial charge in [0.1, 0.15) is 0 Å². The average Bonchev–Trinajstić information content (AvgIpc) is 3.55. The Hall–Kier alpha value is -3.49. The summed E-state index contributed by atoms with van der Waals surface area (Å²) in [6.45, 7) is 5.02. The average molecular weight is 546 g/mol. The lowest BCUT2D eigenvalue weighted by molar-refractivity contribution is -0.117. The van der Waals surface area contributed by atoms with Crippen LogP contribution in [0, 0.1) is 11.6 Å². The van der Waals surface area contributed by atoms with Gasteiger partial charge < -0.3 is 15.0 Å². The number of benzene rings is 1. The van der Waals surface area contributed by atoms with Crippen molar-refractivity contribution < 1.29 is 18.3 Å². The molecule has 2 aliphatic heterocycles. The summed E-state index contributed by atoms with van der Waals surface area (Å²) >= 11 is 1.30. The molecule has 4 heterocycles. The molecule has 0 aliphatic carbocycles. The highest BCUT2D eigenvalue weighted by Crippen LogP contribution is 2.25. The molecule has 0 bridgehead atoms. The molecule has 2 fully saturated rings. The Bertz CT molecular complexity index is 1220. The number of ether oxygens (including phenoxy) is 1. The van der Waals surface area contributed by atoms with E-state index in [0.29, 0.717) is 48.6 Å². The van der Waals surface area contributed by atoms with E-state index in [9.17, 15) is 13.6 Å². The van der Waals surface area contributed by atoms with Gasteiger partial charge in [-0.1, -0.05) is 11.3 Å². The number of carbonyl (C=O) groups is 1. The molecular weight excluding hydrogens is 516 g/mol. The number of aromatic nitrogens is 4. The maximum absolute atomic E-state index is 14.0. The molecule has 1 amide bonds. The van der Waals surface area contributed by atoms with Crippen molar-refractivity contribution >= 4 is 33.3 Å². The quantitative estimate of drug-likeness (QED) is 0.415. The lowest BCUT2D eigenvalue weighted by Crippen LogP contribution is -2.48. The van der Waals surface area contributed by atoms with Crippen LogP contribution < -0.4 is 20.3 Å². The molecule has 0 radical (unpaired) electrons. The third-order valence-corrected chi connectivity index (χ3v) is 7.34. The third kappa shape index (κ3) is 6.49. The highest BCUT2D eigenvalue weighted by atomic mass is 32.1. The summed E-state index contributed by atoms with van der Waals surface area (Å²) < 4.78 is 32.7. The van der Waals surface area contributed by atoms with Crippen LogP contribution >= 0.6 is 11.3 Å². The van der Waals surface area contributed by atoms with E-state index >= 15 is 0 Å². The standard InChI is InChI=1S/C24H29F2N9O2S/c1-37-22-18(25)11-16(12-19(22)26)13-33-7-9-34(10-8-33)15-21(36)29-24-32-31-23(38-24)28-17-4-6-35(14-17)20-3-2-5-27-30-20/h2-3,5,11-12,17H,4,6-10,13-15H2,1H3,(H,28,31)(H,29,32,36). The Labute approximate surface area is 222 Å². The Morgan fingerprint density at radius 1 is 1.08 bits per heavy atom. The second-order valence-electron chi connectivity index (χ2n) is 9.26. The number of halogens is 2. The van der Waals surface area contributed by atoms with E-state index in [2.05, 4.69) is 40.8 Å². The zero-order valence-corrected chi connectivity index (χ0v) is 21.8. The minimum absolute atomic E-state index is 0.157. The van der Waals surface area contributed by atoms with Crippen molar-refractivity contribution in [1.82, 2.24) is 30.2 Å². The molecule has 5 rings (SSSR count). The van der Waals surface area contributed by atoms with Gasteiger partial charge in [0.05, 0.1) is 13.7 Å². The summed E-state index contributed by atoms with van der Waals surface area (Å²) in [5, 5.41) is 23.7. The fraction of sp³-hybridized carbons (Fsp3) is 0.458. The van der Waals surface area contributed by atoms with Gasteiger partial charge in [0.25, 0.3) is 0 Å². The third-order valence-electron chi connectivity index (χ3n) is 6.57. The lowest BCUT2D eigenvalue weighted by Gasteiger charge is -2.34. The van der Waals surface area contributed by atoms with Crippen LogP contribution in [0.3, 0.4) is 0 Å². The first kappa shape index (κ1) is 26.1. The van der Waals surface area contributed by atoms with E-state index in [4.69, 9.17) is 4.74 Å². The highest BCUT2D eigenvalue weighted by molar-refractivity contribution is 7.19. The fourth-order valence-corrected chi connectivity index (χ4v) is 5.42. The van der Waals surface area contributed by atoms with Crippen molar-refractivity contribution in [3.63, 3.8) is 0 Å². The summed E-state index contributed by atoms with van der Waals surface area (Å²) in [7, 11) is 1.24. The summed E-state index contributed by atoms with van der Waals surface area (Å²) in [5.74, 6) is -1.09. The number of anilines is 3. The topological polar surface area (TPSA) is 112 Å². The monoisotopic (exact) mass is 545 g/mol. The summed E-state index contributed by atoms with van der Waals surface area (Å²) in [4.78, 5) is 18.9. The number of piperazine rings is 1. The number of hydrogen-bond donors (Lipinski definition) is 2. The van der Waals surface area contributed by atoms with Crippen LogP contribution in [0.4, 0.5) is 24.9 Å². The highest BCUT2D eigenvalue weighted by Gasteiger charge is 2.25. The van der Waals surface area contributed by atoms with Gasteiger partial charge in [-0.2, -0.15) is 5.10 Å². The molecule has 1 atom stereocenters. The number of rotatable bonds is 9. The van der Waals surface area contributed by atoms with E-state index in [1.165, 1.54) is 30.6 Å². The molecule has 202 valence electrons. The molecule has 38 heavy (non-hydrogen) atoms. The van der Waals surface area contributed by atoms with Gasteiger partial charge in [-0.15, -0.1) is 15.3 Å². The van der Waals surface area contributed by atoms with Crippen LogP contribution in [-0.4, -0.2) is 95.1 Å². The Morgan fingerprint density at radius 3 is 2.53 bits per heavy atom. The van der Waals surface area contributed by atoms with E-state index < -0.39 is 11.6 Å². The Balaban J connectivity index is 1.04. The van der Waals surface area contributed by atoms with Crippen molar-refractivity contribution in [1.29, 1.82) is 0 Å². The molecule has 3 aromatic rings.